The Morgan fingerprint density at radius 1 is 0.947 bits per heavy atom. The highest BCUT2D eigenvalue weighted by Crippen LogP contribution is 2.31. The third-order valence-electron chi connectivity index (χ3n) is 8.73. The van der Waals surface area contributed by atoms with E-state index in [-0.39, 0.29) is 56.5 Å². The fourth-order valence-electron chi connectivity index (χ4n) is 6.76. The van der Waals surface area contributed by atoms with Crippen molar-refractivity contribution >= 4 is 27.7 Å². The molecule has 0 aromatic carbocycles. The van der Waals surface area contributed by atoms with E-state index in [0.717, 1.165) is 42.7 Å². The van der Waals surface area contributed by atoms with E-state index in [1.807, 2.05) is 0 Å². The maximum absolute atomic E-state index is 13.9. The Morgan fingerprint density at radius 3 is 2.37 bits per heavy atom. The van der Waals surface area contributed by atoms with Crippen LogP contribution in [0.15, 0.2) is 0 Å². The average Bonchev–Trinajstić information content (AvgIpc) is 3.42. The van der Waals surface area contributed by atoms with Gasteiger partial charge >= 0.3 is 0 Å². The number of hydrogen-bond donors (Lipinski definition) is 4. The summed E-state index contributed by atoms with van der Waals surface area (Å²) in [5, 5.41) is 26.6. The standard InChI is InChI=1S/C24H39N5O8S/c1-38(35,36)29-8-7-27-13-17(29)23(33)25-11-19-22(32)21(31)18(37-19)10-20(30)26-14-9-16(24(27)34)28(12-14)15-5-3-2-4-6-15/h14-19,21-22,31-32H,2-13H2,1H3,(H,25,33)(H,26,30)/t14-,16-,17-,18-,19+,21-,22+/m0/s1. The van der Waals surface area contributed by atoms with E-state index in [0.29, 0.717) is 13.0 Å². The molecule has 14 heteroatoms. The summed E-state index contributed by atoms with van der Waals surface area (Å²) in [7, 11) is -3.74. The summed E-state index contributed by atoms with van der Waals surface area (Å²) < 4.78 is 31.9. The lowest BCUT2D eigenvalue weighted by Gasteiger charge is -2.42. The Bertz CT molecular complexity index is 1040. The van der Waals surface area contributed by atoms with E-state index in [9.17, 15) is 33.0 Å². The monoisotopic (exact) mass is 557 g/mol. The molecule has 4 saturated heterocycles. The second kappa shape index (κ2) is 11.0. The molecular weight excluding hydrogens is 518 g/mol. The van der Waals surface area contributed by atoms with Gasteiger partial charge in [0, 0.05) is 44.8 Å². The number of aliphatic hydroxyl groups is 2. The number of rotatable bonds is 2. The van der Waals surface area contributed by atoms with Crippen molar-refractivity contribution in [3.8, 4) is 0 Å². The molecular formula is C24H39N5O8S. The van der Waals surface area contributed by atoms with Crippen molar-refractivity contribution in [3.05, 3.63) is 0 Å². The predicted molar refractivity (Wildman–Crippen MR) is 134 cm³/mol. The first-order chi connectivity index (χ1) is 18.0. The van der Waals surface area contributed by atoms with Gasteiger partial charge in [-0.05, 0) is 19.3 Å². The van der Waals surface area contributed by atoms with Crippen LogP contribution in [0.5, 0.6) is 0 Å². The van der Waals surface area contributed by atoms with Gasteiger partial charge in [-0.25, -0.2) is 8.42 Å². The van der Waals surface area contributed by atoms with Gasteiger partial charge in [0.2, 0.25) is 27.7 Å². The summed E-state index contributed by atoms with van der Waals surface area (Å²) in [6, 6.07) is -1.67. The Kier molecular flexibility index (Phi) is 8.00. The van der Waals surface area contributed by atoms with Crippen molar-refractivity contribution in [2.45, 2.75) is 93.5 Å². The topological polar surface area (TPSA) is 169 Å². The number of amides is 3. The largest absolute Gasteiger partial charge is 0.388 e. The van der Waals surface area contributed by atoms with Crippen molar-refractivity contribution in [2.75, 3.05) is 39.0 Å². The zero-order valence-corrected chi connectivity index (χ0v) is 22.5. The number of likely N-dealkylation sites (tertiary alicyclic amines) is 1. The molecule has 38 heavy (non-hydrogen) atoms. The molecule has 1 aliphatic carbocycles. The highest BCUT2D eigenvalue weighted by molar-refractivity contribution is 7.88. The molecule has 4 aliphatic heterocycles. The van der Waals surface area contributed by atoms with Crippen LogP contribution < -0.4 is 10.6 Å². The van der Waals surface area contributed by atoms with Gasteiger partial charge in [-0.1, -0.05) is 19.3 Å². The molecule has 13 nitrogen and oxygen atoms in total. The third-order valence-corrected chi connectivity index (χ3v) is 10.0. The third kappa shape index (κ3) is 5.56. The fourth-order valence-corrected chi connectivity index (χ4v) is 7.80. The van der Waals surface area contributed by atoms with Gasteiger partial charge in [0.05, 0.1) is 24.8 Å². The lowest BCUT2D eigenvalue weighted by atomic mass is 9.93. The lowest BCUT2D eigenvalue weighted by molar-refractivity contribution is -0.141. The first kappa shape index (κ1) is 27.7. The number of nitrogens with one attached hydrogen (secondary N) is 2. The van der Waals surface area contributed by atoms with Crippen LogP contribution in [0, 0.1) is 0 Å². The SMILES string of the molecule is CS(=O)(=O)N1CCN2C[C@H]1C(=O)NC[C@H]1O[C@@H](CC(=O)N[C@H]3C[C@@H](C2=O)N(C2CCCCC2)C3)[C@H](O)[C@@H]1O. The van der Waals surface area contributed by atoms with Gasteiger partial charge in [-0.2, -0.15) is 4.31 Å². The molecule has 7 atom stereocenters. The Balaban J connectivity index is 1.44. The summed E-state index contributed by atoms with van der Waals surface area (Å²) in [6.07, 6.45) is 1.98. The molecule has 0 aromatic heterocycles. The Labute approximate surface area is 222 Å². The minimum absolute atomic E-state index is 0.0116. The number of carbonyl (C=O) groups excluding carboxylic acids is 3. The molecule has 0 unspecified atom stereocenters. The second-order valence-electron chi connectivity index (χ2n) is 11.3. The first-order valence-electron chi connectivity index (χ1n) is 13.6. The Morgan fingerprint density at radius 2 is 1.66 bits per heavy atom. The molecule has 5 rings (SSSR count). The van der Waals surface area contributed by atoms with Crippen molar-refractivity contribution in [3.63, 3.8) is 0 Å². The number of hydrogen-bond acceptors (Lipinski definition) is 9. The number of aliphatic hydroxyl groups excluding tert-OH is 2. The summed E-state index contributed by atoms with van der Waals surface area (Å²) in [6.45, 7) is 0.392. The Hall–Kier alpha value is -1.84. The molecule has 1 saturated carbocycles. The van der Waals surface area contributed by atoms with E-state index in [2.05, 4.69) is 15.5 Å². The van der Waals surface area contributed by atoms with Crippen LogP contribution in [0.3, 0.4) is 0 Å². The summed E-state index contributed by atoms with van der Waals surface area (Å²) in [5.41, 5.74) is 0. The zero-order chi connectivity index (χ0) is 27.2. The quantitative estimate of drug-likeness (QED) is 0.284. The molecule has 3 amide bonds. The number of carbonyl (C=O) groups is 3. The maximum Gasteiger partial charge on any atom is 0.240 e. The summed E-state index contributed by atoms with van der Waals surface area (Å²) in [4.78, 5) is 43.8. The smallest absolute Gasteiger partial charge is 0.240 e. The van der Waals surface area contributed by atoms with Gasteiger partial charge in [-0.3, -0.25) is 19.3 Å². The second-order valence-corrected chi connectivity index (χ2v) is 13.3. The molecule has 4 N–H and O–H groups in total. The number of sulfonamides is 1. The molecule has 0 aromatic rings. The minimum Gasteiger partial charge on any atom is -0.388 e. The number of piperazine rings is 1. The van der Waals surface area contributed by atoms with Gasteiger partial charge < -0.3 is 30.5 Å². The van der Waals surface area contributed by atoms with Crippen LogP contribution in [0.1, 0.15) is 44.9 Å². The zero-order valence-electron chi connectivity index (χ0n) is 21.7. The molecule has 0 radical (unpaired) electrons. The number of nitrogens with zero attached hydrogens (tertiary/aromatic N) is 3. The number of ether oxygens (including phenoxy) is 1. The average molecular weight is 558 g/mol. The summed E-state index contributed by atoms with van der Waals surface area (Å²) in [5.74, 6) is -1.10. The van der Waals surface area contributed by atoms with Crippen LogP contribution in [0.2, 0.25) is 0 Å². The van der Waals surface area contributed by atoms with Crippen molar-refractivity contribution < 1.29 is 37.8 Å². The van der Waals surface area contributed by atoms with E-state index in [1.54, 1.807) is 4.90 Å². The van der Waals surface area contributed by atoms with Crippen LogP contribution in [-0.4, -0.2) is 138 Å². The normalized spacial score (nSPS) is 38.8. The van der Waals surface area contributed by atoms with Gasteiger partial charge in [0.15, 0.2) is 0 Å². The minimum atomic E-state index is -3.74. The molecule has 5 fully saturated rings. The number of fused-ring (bicyclic) bond motifs is 6. The predicted octanol–water partition coefficient (Wildman–Crippen LogP) is -2.64. The van der Waals surface area contributed by atoms with Crippen molar-refractivity contribution in [1.29, 1.82) is 0 Å². The van der Waals surface area contributed by atoms with Gasteiger partial charge in [-0.15, -0.1) is 0 Å². The maximum atomic E-state index is 13.9. The fraction of sp³-hybridized carbons (Fsp3) is 0.875. The van der Waals surface area contributed by atoms with Crippen molar-refractivity contribution in [1.82, 2.24) is 24.7 Å². The van der Waals surface area contributed by atoms with E-state index >= 15 is 0 Å². The molecule has 0 spiro atoms. The highest BCUT2D eigenvalue weighted by Gasteiger charge is 2.48. The summed E-state index contributed by atoms with van der Waals surface area (Å²) >= 11 is 0. The van der Waals surface area contributed by atoms with Crippen LogP contribution in [0.25, 0.3) is 0 Å². The van der Waals surface area contributed by atoms with Crippen LogP contribution in [-0.2, 0) is 29.1 Å². The van der Waals surface area contributed by atoms with Gasteiger partial charge in [0.25, 0.3) is 0 Å². The van der Waals surface area contributed by atoms with Gasteiger partial charge in [0.1, 0.15) is 24.4 Å². The van der Waals surface area contributed by atoms with E-state index in [1.165, 1.54) is 0 Å². The lowest BCUT2D eigenvalue weighted by Crippen LogP contribution is -2.63. The van der Waals surface area contributed by atoms with Crippen molar-refractivity contribution in [2.24, 2.45) is 0 Å². The first-order valence-corrected chi connectivity index (χ1v) is 15.5. The van der Waals surface area contributed by atoms with E-state index in [4.69, 9.17) is 4.74 Å². The molecule has 4 heterocycles. The molecule has 5 aliphatic rings. The molecule has 6 bridgehead atoms. The molecule has 214 valence electrons. The van der Waals surface area contributed by atoms with Crippen LogP contribution in [0.4, 0.5) is 0 Å². The van der Waals surface area contributed by atoms with Crippen LogP contribution >= 0.6 is 0 Å². The highest BCUT2D eigenvalue weighted by atomic mass is 32.2. The van der Waals surface area contributed by atoms with E-state index < -0.39 is 52.4 Å².